The molecule has 0 heterocycles. The zero-order valence-corrected chi connectivity index (χ0v) is 14.4. The lowest BCUT2D eigenvalue weighted by atomic mass is 10.1. The van der Waals surface area contributed by atoms with Crippen molar-refractivity contribution in [2.45, 2.75) is 18.9 Å². The Hall–Kier alpha value is -0.980. The van der Waals surface area contributed by atoms with Crippen LogP contribution in [0.3, 0.4) is 0 Å². The van der Waals surface area contributed by atoms with Crippen molar-refractivity contribution in [1.29, 1.82) is 0 Å². The second-order valence-electron chi connectivity index (χ2n) is 4.85. The molecule has 1 aromatic rings. The van der Waals surface area contributed by atoms with Crippen molar-refractivity contribution in [3.63, 3.8) is 0 Å². The number of methoxy groups -OCH3 is 2. The van der Waals surface area contributed by atoms with Gasteiger partial charge in [0.25, 0.3) is 5.91 Å². The van der Waals surface area contributed by atoms with Gasteiger partial charge in [0.05, 0.1) is 14.2 Å². The van der Waals surface area contributed by atoms with Crippen LogP contribution in [-0.4, -0.2) is 32.7 Å². The van der Waals surface area contributed by atoms with Crippen LogP contribution in [0.4, 0.5) is 0 Å². The van der Waals surface area contributed by atoms with Gasteiger partial charge in [-0.3, -0.25) is 4.79 Å². The van der Waals surface area contributed by atoms with Gasteiger partial charge in [-0.15, -0.1) is 12.4 Å². The van der Waals surface area contributed by atoms with Crippen LogP contribution in [0, 0.1) is 5.92 Å². The summed E-state index contributed by atoms with van der Waals surface area (Å²) in [6.45, 7) is 0.460. The maximum atomic E-state index is 12.3. The predicted molar refractivity (Wildman–Crippen MR) is 87.5 cm³/mol. The molecule has 1 unspecified atom stereocenters. The molecule has 2 rings (SSSR count). The Morgan fingerprint density at radius 3 is 2.29 bits per heavy atom. The number of ether oxygens (including phenoxy) is 2. The molecule has 1 amide bonds. The summed E-state index contributed by atoms with van der Waals surface area (Å²) in [7, 11) is 3.10. The summed E-state index contributed by atoms with van der Waals surface area (Å²) in [6.07, 6.45) is 2.27. The SMILES string of the molecule is COc1cc(C(=O)NC(CN)C2CC2)cc(OC)c1Br.Cl. The van der Waals surface area contributed by atoms with Crippen LogP contribution >= 0.6 is 28.3 Å². The van der Waals surface area contributed by atoms with Gasteiger partial charge in [-0.1, -0.05) is 0 Å². The fourth-order valence-electron chi connectivity index (χ4n) is 2.12. The van der Waals surface area contributed by atoms with Gasteiger partial charge in [0.1, 0.15) is 16.0 Å². The van der Waals surface area contributed by atoms with Crippen LogP contribution in [0.15, 0.2) is 16.6 Å². The van der Waals surface area contributed by atoms with Crippen LogP contribution in [0.25, 0.3) is 0 Å². The summed E-state index contributed by atoms with van der Waals surface area (Å²) < 4.78 is 11.2. The highest BCUT2D eigenvalue weighted by Gasteiger charge is 2.31. The standard InChI is InChI=1S/C14H19BrN2O3.ClH/c1-19-11-5-9(6-12(20-2)13(11)15)14(18)17-10(7-16)8-3-4-8;/h5-6,8,10H,3-4,7,16H2,1-2H3,(H,17,18);1H. The zero-order chi connectivity index (χ0) is 14.7. The molecular weight excluding hydrogens is 360 g/mol. The lowest BCUT2D eigenvalue weighted by Crippen LogP contribution is -2.41. The van der Waals surface area contributed by atoms with Crippen molar-refractivity contribution in [1.82, 2.24) is 5.32 Å². The number of carbonyl (C=O) groups is 1. The second kappa shape index (κ2) is 7.87. The molecule has 118 valence electrons. The molecule has 0 saturated heterocycles. The van der Waals surface area contributed by atoms with E-state index in [2.05, 4.69) is 21.2 Å². The molecule has 1 atom stereocenters. The van der Waals surface area contributed by atoms with Gasteiger partial charge < -0.3 is 20.5 Å². The maximum absolute atomic E-state index is 12.3. The number of halogens is 2. The van der Waals surface area contributed by atoms with E-state index in [-0.39, 0.29) is 24.4 Å². The van der Waals surface area contributed by atoms with E-state index in [0.717, 1.165) is 12.8 Å². The van der Waals surface area contributed by atoms with Crippen LogP contribution in [0.2, 0.25) is 0 Å². The topological polar surface area (TPSA) is 73.6 Å². The number of carbonyl (C=O) groups excluding carboxylic acids is 1. The molecule has 21 heavy (non-hydrogen) atoms. The van der Waals surface area contributed by atoms with Crippen molar-refractivity contribution in [3.8, 4) is 11.5 Å². The van der Waals surface area contributed by atoms with Crippen molar-refractivity contribution in [2.75, 3.05) is 20.8 Å². The summed E-state index contributed by atoms with van der Waals surface area (Å²) >= 11 is 3.38. The fourth-order valence-corrected chi connectivity index (χ4v) is 2.67. The van der Waals surface area contributed by atoms with Crippen LogP contribution in [0.5, 0.6) is 11.5 Å². The highest BCUT2D eigenvalue weighted by atomic mass is 79.9. The van der Waals surface area contributed by atoms with Crippen molar-refractivity contribution >= 4 is 34.2 Å². The van der Waals surface area contributed by atoms with E-state index in [1.54, 1.807) is 26.4 Å². The Morgan fingerprint density at radius 2 is 1.90 bits per heavy atom. The Kier molecular flexibility index (Phi) is 6.77. The first-order valence-electron chi connectivity index (χ1n) is 6.53. The number of hydrogen-bond acceptors (Lipinski definition) is 4. The Balaban J connectivity index is 0.00000220. The van der Waals surface area contributed by atoms with Crippen molar-refractivity contribution in [2.24, 2.45) is 11.7 Å². The van der Waals surface area contributed by atoms with E-state index < -0.39 is 0 Å². The van der Waals surface area contributed by atoms with E-state index in [1.807, 2.05) is 0 Å². The maximum Gasteiger partial charge on any atom is 0.251 e. The Morgan fingerprint density at radius 1 is 1.38 bits per heavy atom. The third-order valence-electron chi connectivity index (χ3n) is 3.47. The summed E-state index contributed by atoms with van der Waals surface area (Å²) in [4.78, 5) is 12.3. The van der Waals surface area contributed by atoms with E-state index in [0.29, 0.717) is 34.0 Å². The van der Waals surface area contributed by atoms with E-state index in [1.165, 1.54) is 0 Å². The molecule has 0 bridgehead atoms. The van der Waals surface area contributed by atoms with E-state index in [9.17, 15) is 4.79 Å². The molecular formula is C14H20BrClN2O3. The molecule has 1 aliphatic rings. The lowest BCUT2D eigenvalue weighted by molar-refractivity contribution is 0.0932. The van der Waals surface area contributed by atoms with Gasteiger partial charge in [0, 0.05) is 18.2 Å². The molecule has 0 spiro atoms. The minimum absolute atomic E-state index is 0. The van der Waals surface area contributed by atoms with Crippen LogP contribution in [0.1, 0.15) is 23.2 Å². The largest absolute Gasteiger partial charge is 0.495 e. The smallest absolute Gasteiger partial charge is 0.251 e. The molecule has 0 radical (unpaired) electrons. The second-order valence-corrected chi connectivity index (χ2v) is 5.64. The predicted octanol–water partition coefficient (Wildman–Crippen LogP) is 2.36. The number of rotatable bonds is 6. The van der Waals surface area contributed by atoms with Crippen LogP contribution < -0.4 is 20.5 Å². The number of amides is 1. The molecule has 1 saturated carbocycles. The number of hydrogen-bond donors (Lipinski definition) is 2. The normalized spacial score (nSPS) is 14.9. The lowest BCUT2D eigenvalue weighted by Gasteiger charge is -2.17. The third-order valence-corrected chi connectivity index (χ3v) is 4.25. The molecule has 0 aromatic heterocycles. The van der Waals surface area contributed by atoms with E-state index in [4.69, 9.17) is 15.2 Å². The Bertz CT molecular complexity index is 484. The number of benzene rings is 1. The van der Waals surface area contributed by atoms with Crippen LogP contribution in [-0.2, 0) is 0 Å². The summed E-state index contributed by atoms with van der Waals surface area (Å²) in [5.74, 6) is 1.48. The monoisotopic (exact) mass is 378 g/mol. The fraction of sp³-hybridized carbons (Fsp3) is 0.500. The Labute approximate surface area is 139 Å². The van der Waals surface area contributed by atoms with Gasteiger partial charge in [-0.25, -0.2) is 0 Å². The van der Waals surface area contributed by atoms with Gasteiger partial charge in [-0.2, -0.15) is 0 Å². The minimum atomic E-state index is -0.156. The summed E-state index contributed by atoms with van der Waals surface area (Å²) in [5, 5.41) is 2.98. The van der Waals surface area contributed by atoms with E-state index >= 15 is 0 Å². The molecule has 1 fully saturated rings. The number of nitrogens with two attached hydrogens (primary N) is 1. The molecule has 0 aliphatic heterocycles. The molecule has 7 heteroatoms. The van der Waals surface area contributed by atoms with Crippen molar-refractivity contribution < 1.29 is 14.3 Å². The zero-order valence-electron chi connectivity index (χ0n) is 12.0. The molecule has 5 nitrogen and oxygen atoms in total. The molecule has 1 aromatic carbocycles. The average molecular weight is 380 g/mol. The van der Waals surface area contributed by atoms with Gasteiger partial charge in [0.15, 0.2) is 0 Å². The van der Waals surface area contributed by atoms with Gasteiger partial charge in [0.2, 0.25) is 0 Å². The first kappa shape index (κ1) is 18.1. The molecule has 1 aliphatic carbocycles. The minimum Gasteiger partial charge on any atom is -0.495 e. The first-order valence-corrected chi connectivity index (χ1v) is 7.32. The summed E-state index contributed by atoms with van der Waals surface area (Å²) in [5.41, 5.74) is 6.21. The van der Waals surface area contributed by atoms with Gasteiger partial charge in [-0.05, 0) is 46.8 Å². The highest BCUT2D eigenvalue weighted by Crippen LogP contribution is 2.36. The quantitative estimate of drug-likeness (QED) is 0.796. The first-order chi connectivity index (χ1) is 9.60. The summed E-state index contributed by atoms with van der Waals surface area (Å²) in [6, 6.07) is 3.41. The molecule has 3 N–H and O–H groups in total. The highest BCUT2D eigenvalue weighted by molar-refractivity contribution is 9.10. The average Bonchev–Trinajstić information content (AvgIpc) is 3.29. The van der Waals surface area contributed by atoms with Gasteiger partial charge >= 0.3 is 0 Å². The number of nitrogens with one attached hydrogen (secondary N) is 1. The third kappa shape index (κ3) is 4.25. The van der Waals surface area contributed by atoms with Crippen molar-refractivity contribution in [3.05, 3.63) is 22.2 Å².